The lowest BCUT2D eigenvalue weighted by molar-refractivity contribution is 0.487. The third-order valence-electron chi connectivity index (χ3n) is 15.6. The van der Waals surface area contributed by atoms with E-state index in [2.05, 4.69) is 220 Å². The smallest absolute Gasteiger partial charge is 0.252 e. The monoisotopic (exact) mass is 902 g/mol. The minimum absolute atomic E-state index is 0.0221. The SMILES string of the molecule is [2H]c1c(C(C)C)c([2H])c(C(C)C)c(B2c3ccccc3Oc3cc4c(cc32)B2c3ccccc3N3c5ccccc5B5c6ccccc6N(c6ccccc6)c6c([2H])c(c2c3c65)N4c2ccccc2)c1C(C)C. The Morgan fingerprint density at radius 2 is 0.814 bits per heavy atom. The first-order valence-corrected chi connectivity index (χ1v) is 25.1. The second-order valence-electron chi connectivity index (χ2n) is 20.6. The Morgan fingerprint density at radius 3 is 1.34 bits per heavy atom. The van der Waals surface area contributed by atoms with Gasteiger partial charge in [-0.05, 0) is 133 Å². The zero-order valence-electron chi connectivity index (χ0n) is 43.4. The molecule has 0 N–H and O–H groups in total. The first kappa shape index (κ1) is 38.3. The minimum atomic E-state index is -0.322. The molecule has 9 aromatic carbocycles. The predicted molar refractivity (Wildman–Crippen MR) is 300 cm³/mol. The van der Waals surface area contributed by atoms with Crippen molar-refractivity contribution < 1.29 is 8.85 Å². The van der Waals surface area contributed by atoms with Crippen LogP contribution in [-0.4, -0.2) is 20.1 Å². The molecule has 5 aliphatic heterocycles. The molecule has 0 radical (unpaired) electrons. The molecule has 5 heterocycles. The number of hydrogen-bond donors (Lipinski definition) is 0. The van der Waals surface area contributed by atoms with Crippen LogP contribution >= 0.6 is 0 Å². The van der Waals surface area contributed by atoms with E-state index in [4.69, 9.17) is 4.74 Å². The Hall–Kier alpha value is -7.63. The highest BCUT2D eigenvalue weighted by Crippen LogP contribution is 2.50. The van der Waals surface area contributed by atoms with Crippen LogP contribution in [0.4, 0.5) is 51.2 Å². The van der Waals surface area contributed by atoms with Gasteiger partial charge in [0, 0.05) is 57.3 Å². The van der Waals surface area contributed by atoms with Gasteiger partial charge in [0.25, 0.3) is 20.1 Å². The van der Waals surface area contributed by atoms with Crippen LogP contribution in [0.2, 0.25) is 0 Å². The first-order valence-electron chi connectivity index (χ1n) is 26.6. The highest BCUT2D eigenvalue weighted by atomic mass is 16.5. The lowest BCUT2D eigenvalue weighted by Crippen LogP contribution is -2.69. The number of benzene rings is 9. The van der Waals surface area contributed by atoms with E-state index in [9.17, 15) is 4.11 Å². The molecule has 0 bridgehead atoms. The highest BCUT2D eigenvalue weighted by molar-refractivity contribution is 7.05. The summed E-state index contributed by atoms with van der Waals surface area (Å²) < 4.78 is 38.2. The van der Waals surface area contributed by atoms with Gasteiger partial charge in [0.2, 0.25) is 0 Å². The van der Waals surface area contributed by atoms with Crippen LogP contribution in [0.25, 0.3) is 0 Å². The zero-order valence-corrected chi connectivity index (χ0v) is 40.4. The van der Waals surface area contributed by atoms with Gasteiger partial charge in [-0.25, -0.2) is 0 Å². The fourth-order valence-corrected chi connectivity index (χ4v) is 12.7. The van der Waals surface area contributed by atoms with E-state index in [0.29, 0.717) is 18.1 Å². The standard InChI is InChI=1S/C63H52B3N3O/c1-38(2)41-33-44(39(3)4)60(45(34-41)40(5)6)66-49-28-16-20-32-58(49)70-59-37-55-50(35-51(59)66)65-48-27-15-19-31-54(48)69-53-30-18-14-26-47(53)64-46-25-13-17-29-52(46)67(42-21-9-7-10-22-42)56-36-57(62(65)63(69)61(56)64)68(55)43-23-11-8-12-24-43/h7-40H,1-6H3/i33D,34D,36D. The largest absolute Gasteiger partial charge is 0.458 e. The van der Waals surface area contributed by atoms with Crippen molar-refractivity contribution in [2.45, 2.75) is 59.3 Å². The van der Waals surface area contributed by atoms with Crippen molar-refractivity contribution in [1.29, 1.82) is 0 Å². The van der Waals surface area contributed by atoms with Crippen molar-refractivity contribution in [3.8, 4) is 11.5 Å². The second-order valence-corrected chi connectivity index (χ2v) is 20.6. The lowest BCUT2D eigenvalue weighted by Gasteiger charge is -2.51. The number of para-hydroxylation sites is 6. The van der Waals surface area contributed by atoms with E-state index in [1.165, 1.54) is 16.4 Å². The van der Waals surface area contributed by atoms with Crippen molar-refractivity contribution in [2.24, 2.45) is 0 Å². The summed E-state index contributed by atoms with van der Waals surface area (Å²) in [5, 5.41) is 0. The fraction of sp³-hybridized carbons (Fsp3) is 0.143. The van der Waals surface area contributed by atoms with E-state index in [1.54, 1.807) is 0 Å². The summed E-state index contributed by atoms with van der Waals surface area (Å²) >= 11 is 0. The molecule has 0 aliphatic carbocycles. The summed E-state index contributed by atoms with van der Waals surface area (Å²) in [6.45, 7) is 12.4. The summed E-state index contributed by atoms with van der Waals surface area (Å²) in [6, 6.07) is 62.4. The molecular weight excluding hydrogens is 847 g/mol. The van der Waals surface area contributed by atoms with Gasteiger partial charge in [-0.2, -0.15) is 0 Å². The van der Waals surface area contributed by atoms with Crippen LogP contribution in [0, 0.1) is 0 Å². The Morgan fingerprint density at radius 1 is 0.371 bits per heavy atom. The molecule has 4 nitrogen and oxygen atoms in total. The molecule has 0 saturated carbocycles. The van der Waals surface area contributed by atoms with Crippen LogP contribution in [-0.2, 0) is 0 Å². The predicted octanol–water partition coefficient (Wildman–Crippen LogP) is 10.4. The van der Waals surface area contributed by atoms with Crippen LogP contribution in [0.3, 0.4) is 0 Å². The number of ether oxygens (including phenoxy) is 1. The highest BCUT2D eigenvalue weighted by Gasteiger charge is 2.52. The van der Waals surface area contributed by atoms with Gasteiger partial charge >= 0.3 is 0 Å². The zero-order chi connectivity index (χ0) is 49.7. The van der Waals surface area contributed by atoms with E-state index >= 15 is 0 Å². The van der Waals surface area contributed by atoms with Gasteiger partial charge in [-0.3, -0.25) is 0 Å². The molecule has 0 aromatic heterocycles. The van der Waals surface area contributed by atoms with Crippen LogP contribution in [0.15, 0.2) is 188 Å². The minimum Gasteiger partial charge on any atom is -0.458 e. The van der Waals surface area contributed by atoms with Gasteiger partial charge in [0.15, 0.2) is 0 Å². The van der Waals surface area contributed by atoms with E-state index in [-0.39, 0.29) is 37.9 Å². The number of hydrogen-bond acceptors (Lipinski definition) is 4. The molecule has 0 fully saturated rings. The number of nitrogens with zero attached hydrogens (tertiary/aromatic N) is 3. The van der Waals surface area contributed by atoms with E-state index < -0.39 is 0 Å². The molecule has 0 atom stereocenters. The van der Waals surface area contributed by atoms with Crippen molar-refractivity contribution in [1.82, 2.24) is 0 Å². The molecule has 14 rings (SSSR count). The van der Waals surface area contributed by atoms with Gasteiger partial charge in [-0.15, -0.1) is 0 Å². The summed E-state index contributed by atoms with van der Waals surface area (Å²) in [5.74, 6) is 1.59. The third-order valence-corrected chi connectivity index (χ3v) is 15.6. The number of anilines is 9. The van der Waals surface area contributed by atoms with Gasteiger partial charge in [0.05, 0.1) is 4.11 Å². The Labute approximate surface area is 417 Å². The molecule has 9 aromatic rings. The molecular formula is C63H52B3N3O. The molecule has 334 valence electrons. The van der Waals surface area contributed by atoms with Crippen LogP contribution < -0.4 is 68.6 Å². The quantitative estimate of drug-likeness (QED) is 0.155. The Kier molecular flexibility index (Phi) is 8.44. The number of rotatable bonds is 6. The Balaban J connectivity index is 1.14. The molecule has 0 amide bonds. The van der Waals surface area contributed by atoms with Gasteiger partial charge in [-0.1, -0.05) is 174 Å². The van der Waals surface area contributed by atoms with E-state index in [1.807, 2.05) is 6.07 Å². The molecule has 5 aliphatic rings. The topological polar surface area (TPSA) is 19.0 Å². The summed E-state index contributed by atoms with van der Waals surface area (Å²) in [4.78, 5) is 7.22. The molecule has 7 heteroatoms. The normalized spacial score (nSPS) is 14.8. The molecule has 70 heavy (non-hydrogen) atoms. The van der Waals surface area contributed by atoms with Gasteiger partial charge in [0.1, 0.15) is 11.5 Å². The number of fused-ring (bicyclic) bond motifs is 12. The average molecular weight is 903 g/mol. The molecule has 0 unspecified atom stereocenters. The first-order chi connectivity index (χ1) is 35.5. The van der Waals surface area contributed by atoms with E-state index in [0.717, 1.165) is 112 Å². The van der Waals surface area contributed by atoms with Crippen molar-refractivity contribution in [2.75, 3.05) is 14.7 Å². The summed E-state index contributed by atoms with van der Waals surface area (Å²) in [7, 11) is 0. The maximum absolute atomic E-state index is 11.1. The molecule has 0 spiro atoms. The van der Waals surface area contributed by atoms with Crippen LogP contribution in [0.1, 0.15) is 80.1 Å². The van der Waals surface area contributed by atoms with Gasteiger partial charge < -0.3 is 19.4 Å². The van der Waals surface area contributed by atoms with Crippen molar-refractivity contribution >= 4 is 120 Å². The molecule has 0 saturated heterocycles. The second kappa shape index (κ2) is 15.4. The summed E-state index contributed by atoms with van der Waals surface area (Å²) in [5.41, 5.74) is 22.1. The fourth-order valence-electron chi connectivity index (χ4n) is 12.7. The van der Waals surface area contributed by atoms with Crippen molar-refractivity contribution in [3.05, 3.63) is 205 Å². The maximum Gasteiger partial charge on any atom is 0.252 e. The summed E-state index contributed by atoms with van der Waals surface area (Å²) in [6.07, 6.45) is 0. The van der Waals surface area contributed by atoms with Crippen LogP contribution in [0.5, 0.6) is 11.5 Å². The third kappa shape index (κ3) is 5.75. The lowest BCUT2D eigenvalue weighted by atomic mass is 9.28. The average Bonchev–Trinajstić information content (AvgIpc) is 3.41. The Bertz CT molecular complexity index is 3760. The van der Waals surface area contributed by atoms with Crippen molar-refractivity contribution in [3.63, 3.8) is 0 Å². The maximum atomic E-state index is 11.1.